The average molecular weight is 306 g/mol. The maximum absolute atomic E-state index is 6.24. The second kappa shape index (κ2) is 5.44. The Morgan fingerprint density at radius 1 is 1.10 bits per heavy atom. The first-order chi connectivity index (χ1) is 9.70. The van der Waals surface area contributed by atoms with E-state index >= 15 is 0 Å². The normalized spacial score (nSPS) is 11.2. The molecule has 3 aromatic rings. The number of halogens is 2. The number of pyridine rings is 1. The van der Waals surface area contributed by atoms with Gasteiger partial charge in [0, 0.05) is 24.3 Å². The first kappa shape index (κ1) is 13.4. The van der Waals surface area contributed by atoms with Gasteiger partial charge in [-0.1, -0.05) is 35.3 Å². The molecule has 3 nitrogen and oxygen atoms in total. The molecule has 1 aromatic carbocycles. The van der Waals surface area contributed by atoms with E-state index in [9.17, 15) is 0 Å². The summed E-state index contributed by atoms with van der Waals surface area (Å²) < 4.78 is 2.05. The highest BCUT2D eigenvalue weighted by Crippen LogP contribution is 2.27. The zero-order chi connectivity index (χ0) is 14.1. The van der Waals surface area contributed by atoms with E-state index in [1.165, 1.54) is 0 Å². The van der Waals surface area contributed by atoms with Gasteiger partial charge in [-0.2, -0.15) is 0 Å². The summed E-state index contributed by atoms with van der Waals surface area (Å²) in [6.07, 6.45) is 3.80. The molecule has 0 aliphatic rings. The number of hydrogen-bond donors (Lipinski definition) is 1. The van der Waals surface area contributed by atoms with Gasteiger partial charge in [0.15, 0.2) is 0 Å². The second-order valence-corrected chi connectivity index (χ2v) is 5.36. The first-order valence-corrected chi connectivity index (χ1v) is 7.02. The van der Waals surface area contributed by atoms with Crippen molar-refractivity contribution in [1.29, 1.82) is 0 Å². The molecule has 0 unspecified atom stereocenters. The first-order valence-electron chi connectivity index (χ1n) is 6.26. The lowest BCUT2D eigenvalue weighted by Gasteiger charge is -2.08. The van der Waals surface area contributed by atoms with Crippen molar-refractivity contribution in [2.45, 2.75) is 13.1 Å². The standard InChI is InChI=1S/C15H13Cl2N3/c16-13-5-1-3-10(14(13)17)8-20-9-11(7-18)12-4-2-6-19-15(12)20/h1-6,9H,7-8,18H2. The molecular formula is C15H13Cl2N3. The number of fused-ring (bicyclic) bond motifs is 1. The summed E-state index contributed by atoms with van der Waals surface area (Å²) in [7, 11) is 0. The molecule has 0 saturated carbocycles. The van der Waals surface area contributed by atoms with Crippen LogP contribution in [0.5, 0.6) is 0 Å². The van der Waals surface area contributed by atoms with Gasteiger partial charge in [0.1, 0.15) is 5.65 Å². The summed E-state index contributed by atoms with van der Waals surface area (Å²) in [5, 5.41) is 2.22. The Kier molecular flexibility index (Phi) is 3.66. The van der Waals surface area contributed by atoms with Gasteiger partial charge in [0.2, 0.25) is 0 Å². The van der Waals surface area contributed by atoms with Crippen molar-refractivity contribution in [1.82, 2.24) is 9.55 Å². The molecule has 102 valence electrons. The van der Waals surface area contributed by atoms with Crippen LogP contribution in [-0.4, -0.2) is 9.55 Å². The molecule has 20 heavy (non-hydrogen) atoms. The minimum absolute atomic E-state index is 0.485. The summed E-state index contributed by atoms with van der Waals surface area (Å²) >= 11 is 12.3. The molecule has 2 aromatic heterocycles. The topological polar surface area (TPSA) is 43.8 Å². The van der Waals surface area contributed by atoms with Crippen LogP contribution in [0, 0.1) is 0 Å². The Bertz CT molecular complexity index is 765. The van der Waals surface area contributed by atoms with Gasteiger partial charge in [-0.15, -0.1) is 0 Å². The summed E-state index contributed by atoms with van der Waals surface area (Å²) in [5.41, 5.74) is 8.73. The highest BCUT2D eigenvalue weighted by atomic mass is 35.5. The molecule has 0 atom stereocenters. The number of hydrogen-bond acceptors (Lipinski definition) is 2. The maximum Gasteiger partial charge on any atom is 0.140 e. The Morgan fingerprint density at radius 3 is 2.75 bits per heavy atom. The van der Waals surface area contributed by atoms with E-state index in [1.807, 2.05) is 30.5 Å². The zero-order valence-electron chi connectivity index (χ0n) is 10.7. The molecule has 0 amide bonds. The lowest BCUT2D eigenvalue weighted by molar-refractivity contribution is 0.819. The fourth-order valence-corrected chi connectivity index (χ4v) is 2.71. The predicted molar refractivity (Wildman–Crippen MR) is 83.2 cm³/mol. The maximum atomic E-state index is 6.24. The molecule has 2 heterocycles. The monoisotopic (exact) mass is 305 g/mol. The van der Waals surface area contributed by atoms with Gasteiger partial charge in [0.25, 0.3) is 0 Å². The van der Waals surface area contributed by atoms with E-state index in [4.69, 9.17) is 28.9 Å². The van der Waals surface area contributed by atoms with Crippen molar-refractivity contribution in [3.8, 4) is 0 Å². The third-order valence-corrected chi connectivity index (χ3v) is 4.17. The van der Waals surface area contributed by atoms with E-state index in [0.29, 0.717) is 23.1 Å². The molecule has 0 radical (unpaired) electrons. The van der Waals surface area contributed by atoms with Crippen LogP contribution in [0.1, 0.15) is 11.1 Å². The lowest BCUT2D eigenvalue weighted by Crippen LogP contribution is -2.00. The Balaban J connectivity index is 2.09. The van der Waals surface area contributed by atoms with Gasteiger partial charge in [-0.3, -0.25) is 0 Å². The molecule has 0 bridgehead atoms. The van der Waals surface area contributed by atoms with E-state index in [-0.39, 0.29) is 0 Å². The van der Waals surface area contributed by atoms with Crippen LogP contribution in [0.2, 0.25) is 10.0 Å². The number of aromatic nitrogens is 2. The average Bonchev–Trinajstić information content (AvgIpc) is 2.82. The zero-order valence-corrected chi connectivity index (χ0v) is 12.2. The van der Waals surface area contributed by atoms with Crippen molar-refractivity contribution in [2.75, 3.05) is 0 Å². The van der Waals surface area contributed by atoms with E-state index in [0.717, 1.165) is 22.2 Å². The van der Waals surface area contributed by atoms with Gasteiger partial charge < -0.3 is 10.3 Å². The van der Waals surface area contributed by atoms with Crippen LogP contribution in [0.3, 0.4) is 0 Å². The Hall–Kier alpha value is -1.55. The minimum atomic E-state index is 0.485. The molecule has 0 saturated heterocycles. The highest BCUT2D eigenvalue weighted by molar-refractivity contribution is 6.42. The van der Waals surface area contributed by atoms with Crippen LogP contribution >= 0.6 is 23.2 Å². The highest BCUT2D eigenvalue weighted by Gasteiger charge is 2.10. The van der Waals surface area contributed by atoms with Gasteiger partial charge in [-0.25, -0.2) is 4.98 Å². The number of benzene rings is 1. The van der Waals surface area contributed by atoms with Crippen LogP contribution in [0.4, 0.5) is 0 Å². The summed E-state index contributed by atoms with van der Waals surface area (Å²) in [5.74, 6) is 0. The van der Waals surface area contributed by atoms with Gasteiger partial charge in [-0.05, 0) is 29.3 Å². The number of nitrogens with zero attached hydrogens (tertiary/aromatic N) is 2. The third kappa shape index (κ3) is 2.29. The minimum Gasteiger partial charge on any atom is -0.328 e. The van der Waals surface area contributed by atoms with Crippen molar-refractivity contribution in [3.05, 3.63) is 63.9 Å². The van der Waals surface area contributed by atoms with E-state index in [2.05, 4.69) is 9.55 Å². The molecule has 0 aliphatic heterocycles. The van der Waals surface area contributed by atoms with Crippen LogP contribution in [0.15, 0.2) is 42.7 Å². The van der Waals surface area contributed by atoms with Gasteiger partial charge in [0.05, 0.1) is 16.6 Å². The summed E-state index contributed by atoms with van der Waals surface area (Å²) in [6.45, 7) is 1.10. The summed E-state index contributed by atoms with van der Waals surface area (Å²) in [6, 6.07) is 9.58. The third-order valence-electron chi connectivity index (χ3n) is 3.31. The molecular weight excluding hydrogens is 293 g/mol. The molecule has 0 fully saturated rings. The quantitative estimate of drug-likeness (QED) is 0.798. The molecule has 2 N–H and O–H groups in total. The number of nitrogens with two attached hydrogens (primary N) is 1. The van der Waals surface area contributed by atoms with Crippen molar-refractivity contribution in [3.63, 3.8) is 0 Å². The lowest BCUT2D eigenvalue weighted by atomic mass is 10.2. The van der Waals surface area contributed by atoms with Gasteiger partial charge >= 0.3 is 0 Å². The Morgan fingerprint density at radius 2 is 1.95 bits per heavy atom. The number of rotatable bonds is 3. The summed E-state index contributed by atoms with van der Waals surface area (Å²) in [4.78, 5) is 4.43. The van der Waals surface area contributed by atoms with Crippen LogP contribution < -0.4 is 5.73 Å². The molecule has 3 rings (SSSR count). The van der Waals surface area contributed by atoms with E-state index < -0.39 is 0 Å². The fourth-order valence-electron chi connectivity index (χ4n) is 2.33. The largest absolute Gasteiger partial charge is 0.328 e. The molecule has 0 aliphatic carbocycles. The SMILES string of the molecule is NCc1cn(Cc2cccc(Cl)c2Cl)c2ncccc12. The second-order valence-electron chi connectivity index (χ2n) is 4.57. The Labute approximate surface area is 126 Å². The van der Waals surface area contributed by atoms with Crippen molar-refractivity contribution < 1.29 is 0 Å². The predicted octanol–water partition coefficient (Wildman–Crippen LogP) is 3.85. The van der Waals surface area contributed by atoms with E-state index in [1.54, 1.807) is 12.3 Å². The molecule has 5 heteroatoms. The van der Waals surface area contributed by atoms with Crippen LogP contribution in [0.25, 0.3) is 11.0 Å². The fraction of sp³-hybridized carbons (Fsp3) is 0.133. The molecule has 0 spiro atoms. The van der Waals surface area contributed by atoms with Crippen molar-refractivity contribution in [2.24, 2.45) is 5.73 Å². The van der Waals surface area contributed by atoms with Crippen LogP contribution in [-0.2, 0) is 13.1 Å². The smallest absolute Gasteiger partial charge is 0.140 e. The van der Waals surface area contributed by atoms with Crippen molar-refractivity contribution >= 4 is 34.2 Å².